The molecule has 0 atom stereocenters. The maximum Gasteiger partial charge on any atom is 0.220 e. The fourth-order valence-corrected chi connectivity index (χ4v) is 1.59. The highest BCUT2D eigenvalue weighted by molar-refractivity contribution is 6.30. The van der Waals surface area contributed by atoms with Gasteiger partial charge in [0.15, 0.2) is 5.78 Å². The zero-order valence-corrected chi connectivity index (χ0v) is 11.7. The van der Waals surface area contributed by atoms with Gasteiger partial charge in [-0.1, -0.05) is 32.4 Å². The molecule has 1 rings (SSSR count). The van der Waals surface area contributed by atoms with E-state index in [9.17, 15) is 9.59 Å². The van der Waals surface area contributed by atoms with Crippen LogP contribution in [0.15, 0.2) is 24.3 Å². The maximum absolute atomic E-state index is 11.8. The van der Waals surface area contributed by atoms with Crippen molar-refractivity contribution in [2.45, 2.75) is 27.2 Å². The van der Waals surface area contributed by atoms with Crippen LogP contribution in [0.1, 0.15) is 37.6 Å². The smallest absolute Gasteiger partial charge is 0.220 e. The molecular weight excluding hydrogens is 250 g/mol. The number of amides is 1. The lowest BCUT2D eigenvalue weighted by atomic mass is 9.92. The van der Waals surface area contributed by atoms with Gasteiger partial charge < -0.3 is 5.32 Å². The Morgan fingerprint density at radius 1 is 1.17 bits per heavy atom. The van der Waals surface area contributed by atoms with Crippen molar-refractivity contribution < 1.29 is 9.59 Å². The van der Waals surface area contributed by atoms with E-state index >= 15 is 0 Å². The normalized spacial score (nSPS) is 11.1. The van der Waals surface area contributed by atoms with Crippen LogP contribution in [0.2, 0.25) is 5.02 Å². The Labute approximate surface area is 113 Å². The summed E-state index contributed by atoms with van der Waals surface area (Å²) in [6.07, 6.45) is 0.404. The molecule has 0 aliphatic heterocycles. The zero-order valence-electron chi connectivity index (χ0n) is 10.9. The Morgan fingerprint density at radius 3 is 2.22 bits per heavy atom. The van der Waals surface area contributed by atoms with E-state index in [1.165, 1.54) is 0 Å². The second-order valence-electron chi connectivity index (χ2n) is 5.44. The minimum absolute atomic E-state index is 0.0244. The fraction of sp³-hybridized carbons (Fsp3) is 0.429. The fourth-order valence-electron chi connectivity index (χ4n) is 1.46. The Kier molecular flexibility index (Phi) is 4.91. The Hall–Kier alpha value is -1.35. The van der Waals surface area contributed by atoms with Gasteiger partial charge in [-0.15, -0.1) is 0 Å². The summed E-state index contributed by atoms with van der Waals surface area (Å²) in [7, 11) is 0. The highest BCUT2D eigenvalue weighted by Crippen LogP contribution is 2.17. The molecule has 0 fully saturated rings. The summed E-state index contributed by atoms with van der Waals surface area (Å²) in [4.78, 5) is 23.3. The van der Waals surface area contributed by atoms with Crippen LogP contribution in [0.25, 0.3) is 0 Å². The largest absolute Gasteiger partial charge is 0.349 e. The summed E-state index contributed by atoms with van der Waals surface area (Å²) in [5.41, 5.74) is 0.475. The lowest BCUT2D eigenvalue weighted by Gasteiger charge is -2.17. The van der Waals surface area contributed by atoms with Crippen LogP contribution in [0.4, 0.5) is 0 Å². The molecule has 0 radical (unpaired) electrons. The quantitative estimate of drug-likeness (QED) is 0.852. The van der Waals surface area contributed by atoms with Crippen LogP contribution in [-0.2, 0) is 4.79 Å². The van der Waals surface area contributed by atoms with Gasteiger partial charge in [0.1, 0.15) is 0 Å². The summed E-state index contributed by atoms with van der Waals surface area (Å²) in [6.45, 7) is 5.96. The van der Waals surface area contributed by atoms with E-state index in [-0.39, 0.29) is 23.7 Å². The van der Waals surface area contributed by atoms with Gasteiger partial charge in [0, 0.05) is 17.0 Å². The van der Waals surface area contributed by atoms with Crippen LogP contribution in [0, 0.1) is 5.41 Å². The first-order valence-corrected chi connectivity index (χ1v) is 6.21. The van der Waals surface area contributed by atoms with Crippen LogP contribution in [0.3, 0.4) is 0 Å². The molecule has 1 N–H and O–H groups in total. The van der Waals surface area contributed by atoms with E-state index in [0.717, 1.165) is 0 Å². The molecule has 0 heterocycles. The molecule has 4 heteroatoms. The third-order valence-electron chi connectivity index (χ3n) is 2.30. The zero-order chi connectivity index (χ0) is 13.8. The van der Waals surface area contributed by atoms with Crippen LogP contribution in [-0.4, -0.2) is 18.2 Å². The Balaban J connectivity index is 2.47. The van der Waals surface area contributed by atoms with E-state index in [0.29, 0.717) is 17.0 Å². The van der Waals surface area contributed by atoms with Crippen LogP contribution in [0.5, 0.6) is 0 Å². The van der Waals surface area contributed by atoms with Crippen molar-refractivity contribution in [1.82, 2.24) is 5.32 Å². The molecule has 0 saturated heterocycles. The second-order valence-corrected chi connectivity index (χ2v) is 5.88. The van der Waals surface area contributed by atoms with Gasteiger partial charge >= 0.3 is 0 Å². The van der Waals surface area contributed by atoms with Gasteiger partial charge in [0.05, 0.1) is 6.54 Å². The molecule has 0 aliphatic carbocycles. The molecule has 1 amide bonds. The Bertz CT molecular complexity index is 432. The van der Waals surface area contributed by atoms with Crippen LogP contribution >= 0.6 is 11.6 Å². The van der Waals surface area contributed by atoms with Crippen LogP contribution < -0.4 is 5.32 Å². The van der Waals surface area contributed by atoms with Crippen molar-refractivity contribution in [3.8, 4) is 0 Å². The second kappa shape index (κ2) is 6.01. The first kappa shape index (κ1) is 14.7. The number of Topliss-reactive ketones (excluding diaryl/α,β-unsaturated/α-hetero) is 1. The average Bonchev–Trinajstić information content (AvgIpc) is 2.24. The number of carbonyl (C=O) groups excluding carboxylic acids is 2. The first-order chi connectivity index (χ1) is 8.28. The molecule has 0 aliphatic rings. The van der Waals surface area contributed by atoms with Gasteiger partial charge in [0.2, 0.25) is 5.91 Å². The van der Waals surface area contributed by atoms with E-state index < -0.39 is 0 Å². The van der Waals surface area contributed by atoms with Crippen molar-refractivity contribution in [3.63, 3.8) is 0 Å². The molecule has 0 saturated carbocycles. The molecule has 1 aromatic carbocycles. The molecular formula is C14H18ClNO2. The molecule has 0 bridgehead atoms. The number of hydrogen-bond acceptors (Lipinski definition) is 2. The number of rotatable bonds is 4. The molecule has 98 valence electrons. The Morgan fingerprint density at radius 2 is 1.72 bits per heavy atom. The van der Waals surface area contributed by atoms with Crippen molar-refractivity contribution in [1.29, 1.82) is 0 Å². The number of halogens is 1. The molecule has 1 aromatic rings. The summed E-state index contributed by atoms with van der Waals surface area (Å²) >= 11 is 5.74. The summed E-state index contributed by atoms with van der Waals surface area (Å²) < 4.78 is 0. The maximum atomic E-state index is 11.8. The molecule has 0 unspecified atom stereocenters. The van der Waals surface area contributed by atoms with Gasteiger partial charge in [0.25, 0.3) is 0 Å². The van der Waals surface area contributed by atoms with E-state index in [2.05, 4.69) is 5.32 Å². The standard InChI is InChI=1S/C14H18ClNO2/c1-14(2,3)8-13(18)16-9-12(17)10-4-6-11(15)7-5-10/h4-7H,8-9H2,1-3H3,(H,16,18). The first-order valence-electron chi connectivity index (χ1n) is 5.83. The monoisotopic (exact) mass is 267 g/mol. The number of benzene rings is 1. The summed E-state index contributed by atoms with van der Waals surface area (Å²) in [5, 5.41) is 3.22. The predicted molar refractivity (Wildman–Crippen MR) is 72.9 cm³/mol. The minimum atomic E-state index is -0.117. The number of nitrogens with one attached hydrogen (secondary N) is 1. The number of ketones is 1. The lowest BCUT2D eigenvalue weighted by Crippen LogP contribution is -2.32. The van der Waals surface area contributed by atoms with E-state index in [4.69, 9.17) is 11.6 Å². The minimum Gasteiger partial charge on any atom is -0.349 e. The molecule has 3 nitrogen and oxygen atoms in total. The van der Waals surface area contributed by atoms with Crippen molar-refractivity contribution in [3.05, 3.63) is 34.9 Å². The molecule has 0 aromatic heterocycles. The SMILES string of the molecule is CC(C)(C)CC(=O)NCC(=O)c1ccc(Cl)cc1. The highest BCUT2D eigenvalue weighted by atomic mass is 35.5. The molecule has 0 spiro atoms. The van der Waals surface area contributed by atoms with E-state index in [1.54, 1.807) is 24.3 Å². The number of hydrogen-bond donors (Lipinski definition) is 1. The van der Waals surface area contributed by atoms with Gasteiger partial charge in [-0.05, 0) is 29.7 Å². The van der Waals surface area contributed by atoms with Crippen molar-refractivity contribution in [2.75, 3.05) is 6.54 Å². The van der Waals surface area contributed by atoms with Crippen molar-refractivity contribution in [2.24, 2.45) is 5.41 Å². The average molecular weight is 268 g/mol. The van der Waals surface area contributed by atoms with Gasteiger partial charge in [-0.2, -0.15) is 0 Å². The van der Waals surface area contributed by atoms with E-state index in [1.807, 2.05) is 20.8 Å². The predicted octanol–water partition coefficient (Wildman–Crippen LogP) is 3.08. The number of carbonyl (C=O) groups is 2. The third-order valence-corrected chi connectivity index (χ3v) is 2.56. The highest BCUT2D eigenvalue weighted by Gasteiger charge is 2.16. The summed E-state index contributed by atoms with van der Waals surface area (Å²) in [5.74, 6) is -0.223. The lowest BCUT2D eigenvalue weighted by molar-refractivity contribution is -0.122. The van der Waals surface area contributed by atoms with Crippen molar-refractivity contribution >= 4 is 23.3 Å². The van der Waals surface area contributed by atoms with Gasteiger partial charge in [-0.25, -0.2) is 0 Å². The van der Waals surface area contributed by atoms with Gasteiger partial charge in [-0.3, -0.25) is 9.59 Å². The summed E-state index contributed by atoms with van der Waals surface area (Å²) in [6, 6.07) is 6.62. The molecule has 18 heavy (non-hydrogen) atoms. The third kappa shape index (κ3) is 5.32. The topological polar surface area (TPSA) is 46.2 Å².